The number of nitrogens with one attached hydrogen (secondary N) is 1. The molecule has 2 aromatic heterocycles. The van der Waals surface area contributed by atoms with Crippen LogP contribution in [0.2, 0.25) is 0 Å². The van der Waals surface area contributed by atoms with Crippen LogP contribution in [0.25, 0.3) is 10.9 Å². The lowest BCUT2D eigenvalue weighted by Crippen LogP contribution is -2.49. The van der Waals surface area contributed by atoms with E-state index in [0.717, 1.165) is 5.69 Å². The third kappa shape index (κ3) is 4.48. The summed E-state index contributed by atoms with van der Waals surface area (Å²) in [6, 6.07) is 13.2. The molecule has 0 saturated carbocycles. The molecule has 0 atom stereocenters. The summed E-state index contributed by atoms with van der Waals surface area (Å²) in [4.78, 5) is 20.9. The molecule has 3 heterocycles. The molecule has 1 aliphatic rings. The van der Waals surface area contributed by atoms with Crippen molar-refractivity contribution >= 4 is 49.0 Å². The minimum atomic E-state index is -3.69. The Morgan fingerprint density at radius 3 is 2.53 bits per heavy atom. The van der Waals surface area contributed by atoms with Crippen molar-refractivity contribution < 1.29 is 17.6 Å². The van der Waals surface area contributed by atoms with E-state index < -0.39 is 10.0 Å². The largest absolute Gasteiger partial charge is 0.368 e. The molecule has 1 amide bonds. The SMILES string of the molecule is O=C(Cn1ccc2c(F)cccc21)N1CCN(c2ccc(S(=O)(=O)Nc3nccs3)cc2)CC1. The second-order valence-electron chi connectivity index (χ2n) is 7.92. The summed E-state index contributed by atoms with van der Waals surface area (Å²) in [5.74, 6) is -0.314. The first-order valence-electron chi connectivity index (χ1n) is 10.7. The summed E-state index contributed by atoms with van der Waals surface area (Å²) < 4.78 is 43.2. The molecule has 1 aliphatic heterocycles. The molecule has 4 aromatic rings. The number of hydrogen-bond acceptors (Lipinski definition) is 6. The number of benzene rings is 2. The third-order valence-corrected chi connectivity index (χ3v) is 8.04. The Labute approximate surface area is 200 Å². The highest BCUT2D eigenvalue weighted by atomic mass is 32.2. The van der Waals surface area contributed by atoms with Crippen molar-refractivity contribution in [2.75, 3.05) is 35.8 Å². The van der Waals surface area contributed by atoms with Gasteiger partial charge in [0.2, 0.25) is 5.91 Å². The Balaban J connectivity index is 1.19. The van der Waals surface area contributed by atoms with Crippen molar-refractivity contribution in [3.8, 4) is 0 Å². The smallest absolute Gasteiger partial charge is 0.263 e. The van der Waals surface area contributed by atoms with E-state index in [-0.39, 0.29) is 23.2 Å². The number of rotatable bonds is 6. The van der Waals surface area contributed by atoms with Gasteiger partial charge >= 0.3 is 0 Å². The Hall–Kier alpha value is -3.44. The lowest BCUT2D eigenvalue weighted by atomic mass is 10.2. The van der Waals surface area contributed by atoms with E-state index in [1.54, 1.807) is 63.5 Å². The van der Waals surface area contributed by atoms with E-state index in [2.05, 4.69) is 14.6 Å². The molecule has 176 valence electrons. The van der Waals surface area contributed by atoms with Crippen LogP contribution in [-0.4, -0.2) is 55.0 Å². The monoisotopic (exact) mass is 499 g/mol. The summed E-state index contributed by atoms with van der Waals surface area (Å²) in [7, 11) is -3.69. The fraction of sp³-hybridized carbons (Fsp3) is 0.217. The van der Waals surface area contributed by atoms with E-state index in [9.17, 15) is 17.6 Å². The van der Waals surface area contributed by atoms with Gasteiger partial charge < -0.3 is 14.4 Å². The quantitative estimate of drug-likeness (QED) is 0.440. The van der Waals surface area contributed by atoms with Crippen LogP contribution in [0.4, 0.5) is 15.2 Å². The molecular weight excluding hydrogens is 477 g/mol. The second-order valence-corrected chi connectivity index (χ2v) is 10.5. The number of anilines is 2. The minimum Gasteiger partial charge on any atom is -0.368 e. The molecule has 1 saturated heterocycles. The maximum atomic E-state index is 13.9. The number of halogens is 1. The van der Waals surface area contributed by atoms with E-state index >= 15 is 0 Å². The zero-order valence-corrected chi connectivity index (χ0v) is 19.7. The van der Waals surface area contributed by atoms with Crippen LogP contribution in [0.1, 0.15) is 0 Å². The Morgan fingerprint density at radius 2 is 1.82 bits per heavy atom. The number of thiazole rings is 1. The molecule has 8 nitrogen and oxygen atoms in total. The van der Waals surface area contributed by atoms with Gasteiger partial charge in [-0.3, -0.25) is 9.52 Å². The highest BCUT2D eigenvalue weighted by molar-refractivity contribution is 7.93. The first kappa shape index (κ1) is 22.4. The standard InChI is InChI=1S/C23H22FN5O3S2/c24-20-2-1-3-21-19(20)8-10-29(21)16-22(30)28-13-11-27(12-14-28)17-4-6-18(7-5-17)34(31,32)26-23-25-9-15-33-23/h1-10,15H,11-14,16H2,(H,25,26). The van der Waals surface area contributed by atoms with Crippen LogP contribution in [0.15, 0.2) is 71.2 Å². The number of hydrogen-bond donors (Lipinski definition) is 1. The van der Waals surface area contributed by atoms with Crippen molar-refractivity contribution in [2.24, 2.45) is 0 Å². The van der Waals surface area contributed by atoms with E-state index in [0.29, 0.717) is 42.2 Å². The van der Waals surface area contributed by atoms with E-state index in [1.807, 2.05) is 0 Å². The van der Waals surface area contributed by atoms with Gasteiger partial charge in [-0.15, -0.1) is 11.3 Å². The Morgan fingerprint density at radius 1 is 1.06 bits per heavy atom. The van der Waals surface area contributed by atoms with Gasteiger partial charge in [-0.25, -0.2) is 17.8 Å². The molecule has 0 aliphatic carbocycles. The third-order valence-electron chi connectivity index (χ3n) is 5.86. The lowest BCUT2D eigenvalue weighted by molar-refractivity contribution is -0.132. The summed E-state index contributed by atoms with van der Waals surface area (Å²) in [5.41, 5.74) is 1.60. The molecule has 0 spiro atoms. The number of nitrogens with zero attached hydrogens (tertiary/aromatic N) is 4. The van der Waals surface area contributed by atoms with Crippen LogP contribution >= 0.6 is 11.3 Å². The van der Waals surface area contributed by atoms with Crippen molar-refractivity contribution in [3.63, 3.8) is 0 Å². The van der Waals surface area contributed by atoms with Crippen LogP contribution < -0.4 is 9.62 Å². The molecule has 34 heavy (non-hydrogen) atoms. The number of carbonyl (C=O) groups is 1. The van der Waals surface area contributed by atoms with Gasteiger partial charge in [-0.2, -0.15) is 0 Å². The number of piperazine rings is 1. The molecule has 0 bridgehead atoms. The zero-order chi connectivity index (χ0) is 23.7. The molecule has 11 heteroatoms. The second kappa shape index (κ2) is 9.07. The van der Waals surface area contributed by atoms with Crippen molar-refractivity contribution in [2.45, 2.75) is 11.4 Å². The molecule has 0 radical (unpaired) electrons. The fourth-order valence-corrected chi connectivity index (χ4v) is 5.86. The van der Waals surface area contributed by atoms with Gasteiger partial charge in [-0.1, -0.05) is 6.07 Å². The van der Waals surface area contributed by atoms with Gasteiger partial charge in [0, 0.05) is 55.0 Å². The molecule has 1 fully saturated rings. The van der Waals surface area contributed by atoms with E-state index in [1.165, 1.54) is 23.6 Å². The van der Waals surface area contributed by atoms with Gasteiger partial charge in [-0.05, 0) is 42.5 Å². The fourth-order valence-electron chi connectivity index (χ4n) is 4.07. The normalized spacial score (nSPS) is 14.5. The average molecular weight is 500 g/mol. The van der Waals surface area contributed by atoms with Crippen LogP contribution in [0.5, 0.6) is 0 Å². The molecule has 0 unspecified atom stereocenters. The summed E-state index contributed by atoms with van der Waals surface area (Å²) in [6.45, 7) is 2.54. The molecule has 2 aromatic carbocycles. The number of sulfonamides is 1. The van der Waals surface area contributed by atoms with Crippen LogP contribution in [0.3, 0.4) is 0 Å². The maximum Gasteiger partial charge on any atom is 0.263 e. The number of carbonyl (C=O) groups excluding carboxylic acids is 1. The van der Waals surface area contributed by atoms with Crippen LogP contribution in [0, 0.1) is 5.82 Å². The van der Waals surface area contributed by atoms with Crippen LogP contribution in [-0.2, 0) is 21.4 Å². The predicted molar refractivity (Wildman–Crippen MR) is 130 cm³/mol. The number of aromatic nitrogens is 2. The highest BCUT2D eigenvalue weighted by Crippen LogP contribution is 2.23. The highest BCUT2D eigenvalue weighted by Gasteiger charge is 2.23. The van der Waals surface area contributed by atoms with Gasteiger partial charge in [0.15, 0.2) is 5.13 Å². The Kier molecular flexibility index (Phi) is 5.96. The Bertz CT molecular complexity index is 1410. The van der Waals surface area contributed by atoms with Crippen molar-refractivity contribution in [1.29, 1.82) is 0 Å². The topological polar surface area (TPSA) is 87.5 Å². The summed E-state index contributed by atoms with van der Waals surface area (Å²) in [5, 5.41) is 2.53. The van der Waals surface area contributed by atoms with Gasteiger partial charge in [0.1, 0.15) is 12.4 Å². The first-order valence-corrected chi connectivity index (χ1v) is 13.1. The summed E-state index contributed by atoms with van der Waals surface area (Å²) in [6.07, 6.45) is 3.28. The molecule has 5 rings (SSSR count). The molecule has 1 N–H and O–H groups in total. The van der Waals surface area contributed by atoms with Crippen molar-refractivity contribution in [3.05, 3.63) is 72.1 Å². The predicted octanol–water partition coefficient (Wildman–Crippen LogP) is 3.39. The number of amides is 1. The van der Waals surface area contributed by atoms with E-state index in [4.69, 9.17) is 0 Å². The van der Waals surface area contributed by atoms with Crippen molar-refractivity contribution in [1.82, 2.24) is 14.5 Å². The maximum absolute atomic E-state index is 13.9. The zero-order valence-electron chi connectivity index (χ0n) is 18.1. The average Bonchev–Trinajstić information content (AvgIpc) is 3.50. The van der Waals surface area contributed by atoms with Gasteiger partial charge in [0.25, 0.3) is 10.0 Å². The lowest BCUT2D eigenvalue weighted by Gasteiger charge is -2.36. The molecular formula is C23H22FN5O3S2. The van der Waals surface area contributed by atoms with Gasteiger partial charge in [0.05, 0.1) is 10.4 Å². The summed E-state index contributed by atoms with van der Waals surface area (Å²) >= 11 is 1.21. The minimum absolute atomic E-state index is 0.0175. The first-order chi connectivity index (χ1) is 16.4. The number of fused-ring (bicyclic) bond motifs is 1.